The summed E-state index contributed by atoms with van der Waals surface area (Å²) in [5.74, 6) is 1.69. The van der Waals surface area contributed by atoms with E-state index in [4.69, 9.17) is 0 Å². The van der Waals surface area contributed by atoms with Gasteiger partial charge in [0.25, 0.3) is 0 Å². The van der Waals surface area contributed by atoms with Crippen molar-refractivity contribution in [1.29, 1.82) is 0 Å². The average molecular weight is 223 g/mol. The zero-order valence-electron chi connectivity index (χ0n) is 8.74. The van der Waals surface area contributed by atoms with Crippen LogP contribution < -0.4 is 5.32 Å². The Hall–Kier alpha value is -1.30. The van der Waals surface area contributed by atoms with E-state index in [2.05, 4.69) is 32.4 Å². The lowest BCUT2D eigenvalue weighted by molar-refractivity contribution is 1.06. The van der Waals surface area contributed by atoms with Gasteiger partial charge in [-0.25, -0.2) is 4.98 Å². The number of anilines is 1. The van der Waals surface area contributed by atoms with E-state index in [9.17, 15) is 0 Å². The molecule has 2 heterocycles. The van der Waals surface area contributed by atoms with Crippen LogP contribution in [-0.4, -0.2) is 33.0 Å². The van der Waals surface area contributed by atoms with Gasteiger partial charge in [-0.2, -0.15) is 10.1 Å². The van der Waals surface area contributed by atoms with Gasteiger partial charge < -0.3 is 5.32 Å². The molecule has 0 unspecified atom stereocenters. The molecule has 0 spiro atoms. The van der Waals surface area contributed by atoms with E-state index in [1.165, 1.54) is 0 Å². The molecule has 0 aromatic carbocycles. The Balaban J connectivity index is 2.43. The summed E-state index contributed by atoms with van der Waals surface area (Å²) in [6.45, 7) is 2.15. The minimum absolute atomic E-state index is 0.630. The van der Waals surface area contributed by atoms with Gasteiger partial charge in [-0.15, -0.1) is 11.8 Å². The summed E-state index contributed by atoms with van der Waals surface area (Å²) in [5.41, 5.74) is 0.785. The van der Waals surface area contributed by atoms with Gasteiger partial charge in [-0.1, -0.05) is 6.92 Å². The molecule has 0 radical (unpaired) electrons. The Labute approximate surface area is 92.1 Å². The molecule has 2 aromatic heterocycles. The number of H-pyrrole nitrogens is 1. The van der Waals surface area contributed by atoms with Crippen molar-refractivity contribution in [3.8, 4) is 0 Å². The Bertz CT molecular complexity index is 453. The predicted octanol–water partition coefficient (Wildman–Crippen LogP) is 1.90. The monoisotopic (exact) mass is 223 g/mol. The number of aromatic amines is 1. The lowest BCUT2D eigenvalue weighted by Gasteiger charge is -2.03. The molecule has 2 rings (SSSR count). The number of aromatic nitrogens is 4. The number of hydrogen-bond acceptors (Lipinski definition) is 5. The molecule has 0 atom stereocenters. The van der Waals surface area contributed by atoms with Crippen molar-refractivity contribution in [1.82, 2.24) is 20.2 Å². The van der Waals surface area contributed by atoms with Crippen LogP contribution in [0.2, 0.25) is 0 Å². The van der Waals surface area contributed by atoms with Crippen molar-refractivity contribution < 1.29 is 0 Å². The zero-order valence-corrected chi connectivity index (χ0v) is 9.56. The fraction of sp³-hybridized carbons (Fsp3) is 0.444. The third kappa shape index (κ3) is 2.04. The van der Waals surface area contributed by atoms with Crippen LogP contribution >= 0.6 is 11.8 Å². The summed E-state index contributed by atoms with van der Waals surface area (Å²) in [4.78, 5) is 8.68. The Morgan fingerprint density at radius 2 is 2.33 bits per heavy atom. The molecule has 0 aliphatic rings. The standard InChI is InChI=1S/C9H13N5S/c1-3-4-15-8-6-5-11-14-7(6)12-9(10-2)13-8/h5H,3-4H2,1-2H3,(H2,10,11,12,13,14). The number of nitrogens with one attached hydrogen (secondary N) is 2. The Kier molecular flexibility index (Phi) is 3.05. The van der Waals surface area contributed by atoms with Crippen LogP contribution in [0, 0.1) is 0 Å². The first-order chi connectivity index (χ1) is 7.35. The molecule has 0 saturated heterocycles. The topological polar surface area (TPSA) is 66.5 Å². The van der Waals surface area contributed by atoms with Crippen molar-refractivity contribution in [3.63, 3.8) is 0 Å². The second kappa shape index (κ2) is 4.48. The van der Waals surface area contributed by atoms with Crippen molar-refractivity contribution in [2.75, 3.05) is 18.1 Å². The van der Waals surface area contributed by atoms with Crippen LogP contribution in [-0.2, 0) is 0 Å². The van der Waals surface area contributed by atoms with Crippen molar-refractivity contribution in [3.05, 3.63) is 6.20 Å². The molecular formula is C9H13N5S. The number of thioether (sulfide) groups is 1. The second-order valence-electron chi connectivity index (χ2n) is 3.08. The molecule has 80 valence electrons. The SMILES string of the molecule is CCCSc1nc(NC)nc2[nH]ncc12. The first-order valence-electron chi connectivity index (χ1n) is 4.86. The van der Waals surface area contributed by atoms with E-state index in [1.54, 1.807) is 18.0 Å². The number of fused-ring (bicyclic) bond motifs is 1. The highest BCUT2D eigenvalue weighted by Crippen LogP contribution is 2.25. The number of nitrogens with zero attached hydrogens (tertiary/aromatic N) is 3. The molecule has 5 nitrogen and oxygen atoms in total. The minimum atomic E-state index is 0.630. The highest BCUT2D eigenvalue weighted by atomic mass is 32.2. The van der Waals surface area contributed by atoms with Gasteiger partial charge in [0.1, 0.15) is 5.03 Å². The van der Waals surface area contributed by atoms with Crippen LogP contribution in [0.25, 0.3) is 11.0 Å². The Morgan fingerprint density at radius 3 is 3.07 bits per heavy atom. The molecule has 0 aliphatic heterocycles. The summed E-state index contributed by atoms with van der Waals surface area (Å²) < 4.78 is 0. The van der Waals surface area contributed by atoms with Crippen LogP contribution in [0.4, 0.5) is 5.95 Å². The molecule has 6 heteroatoms. The van der Waals surface area contributed by atoms with Crippen molar-refractivity contribution in [2.45, 2.75) is 18.4 Å². The quantitative estimate of drug-likeness (QED) is 0.612. The fourth-order valence-corrected chi connectivity index (χ4v) is 2.08. The zero-order chi connectivity index (χ0) is 10.7. The molecule has 0 bridgehead atoms. The van der Waals surface area contributed by atoms with Gasteiger partial charge in [0, 0.05) is 7.05 Å². The van der Waals surface area contributed by atoms with E-state index in [0.717, 1.165) is 28.2 Å². The van der Waals surface area contributed by atoms with Crippen LogP contribution in [0.15, 0.2) is 11.2 Å². The van der Waals surface area contributed by atoms with E-state index in [0.29, 0.717) is 5.95 Å². The molecular weight excluding hydrogens is 210 g/mol. The van der Waals surface area contributed by atoms with Gasteiger partial charge >= 0.3 is 0 Å². The molecule has 0 fully saturated rings. The van der Waals surface area contributed by atoms with Crippen molar-refractivity contribution >= 4 is 28.7 Å². The molecule has 0 amide bonds. The van der Waals surface area contributed by atoms with E-state index < -0.39 is 0 Å². The van der Waals surface area contributed by atoms with Gasteiger partial charge in [0.2, 0.25) is 5.95 Å². The van der Waals surface area contributed by atoms with E-state index in [1.807, 2.05) is 7.05 Å². The summed E-state index contributed by atoms with van der Waals surface area (Å²) in [6, 6.07) is 0. The van der Waals surface area contributed by atoms with Gasteiger partial charge in [0.15, 0.2) is 5.65 Å². The normalized spacial score (nSPS) is 10.8. The van der Waals surface area contributed by atoms with E-state index >= 15 is 0 Å². The highest BCUT2D eigenvalue weighted by molar-refractivity contribution is 7.99. The second-order valence-corrected chi connectivity index (χ2v) is 4.17. The first kappa shape index (κ1) is 10.2. The van der Waals surface area contributed by atoms with Gasteiger partial charge in [0.05, 0.1) is 11.6 Å². The van der Waals surface area contributed by atoms with Gasteiger partial charge in [-0.3, -0.25) is 5.10 Å². The van der Waals surface area contributed by atoms with Crippen molar-refractivity contribution in [2.24, 2.45) is 0 Å². The largest absolute Gasteiger partial charge is 0.357 e. The maximum Gasteiger partial charge on any atom is 0.225 e. The number of rotatable bonds is 4. The predicted molar refractivity (Wildman–Crippen MR) is 62.2 cm³/mol. The maximum absolute atomic E-state index is 4.41. The third-order valence-electron chi connectivity index (χ3n) is 1.94. The summed E-state index contributed by atoms with van der Waals surface area (Å²) in [6.07, 6.45) is 2.90. The summed E-state index contributed by atoms with van der Waals surface area (Å²) >= 11 is 1.73. The summed E-state index contributed by atoms with van der Waals surface area (Å²) in [7, 11) is 1.81. The third-order valence-corrected chi connectivity index (χ3v) is 3.14. The Morgan fingerprint density at radius 1 is 1.47 bits per heavy atom. The first-order valence-corrected chi connectivity index (χ1v) is 5.85. The van der Waals surface area contributed by atoms with Crippen LogP contribution in [0.1, 0.15) is 13.3 Å². The smallest absolute Gasteiger partial charge is 0.225 e. The molecule has 2 N–H and O–H groups in total. The highest BCUT2D eigenvalue weighted by Gasteiger charge is 2.08. The minimum Gasteiger partial charge on any atom is -0.357 e. The maximum atomic E-state index is 4.41. The fourth-order valence-electron chi connectivity index (χ4n) is 1.23. The lowest BCUT2D eigenvalue weighted by Crippen LogP contribution is -1.98. The van der Waals surface area contributed by atoms with Crippen LogP contribution in [0.5, 0.6) is 0 Å². The van der Waals surface area contributed by atoms with E-state index in [-0.39, 0.29) is 0 Å². The molecule has 2 aromatic rings. The van der Waals surface area contributed by atoms with Gasteiger partial charge in [-0.05, 0) is 12.2 Å². The number of hydrogen-bond donors (Lipinski definition) is 2. The summed E-state index contributed by atoms with van der Waals surface area (Å²) in [5, 5.41) is 11.8. The lowest BCUT2D eigenvalue weighted by atomic mass is 10.4. The average Bonchev–Trinajstić information content (AvgIpc) is 2.73. The molecule has 0 aliphatic carbocycles. The molecule has 15 heavy (non-hydrogen) atoms. The van der Waals surface area contributed by atoms with Crippen LogP contribution in [0.3, 0.4) is 0 Å². The molecule has 0 saturated carbocycles.